The Balaban J connectivity index is 1.59. The van der Waals surface area contributed by atoms with E-state index in [4.69, 9.17) is 0 Å². The van der Waals surface area contributed by atoms with Crippen molar-refractivity contribution in [1.82, 2.24) is 10.3 Å². The lowest BCUT2D eigenvalue weighted by atomic mass is 10.2. The van der Waals surface area contributed by atoms with E-state index in [1.807, 2.05) is 37.3 Å². The zero-order valence-electron chi connectivity index (χ0n) is 13.3. The molecule has 0 fully saturated rings. The minimum atomic E-state index is -0.0101. The third-order valence-corrected chi connectivity index (χ3v) is 6.28. The van der Waals surface area contributed by atoms with Crippen LogP contribution in [0.3, 0.4) is 0 Å². The van der Waals surface area contributed by atoms with Gasteiger partial charge >= 0.3 is 0 Å². The number of hydrogen-bond acceptors (Lipinski definition) is 5. The highest BCUT2D eigenvalue weighted by molar-refractivity contribution is 7.98. The average Bonchev–Trinajstić information content (AvgIpc) is 3.25. The van der Waals surface area contributed by atoms with Gasteiger partial charge in [-0.15, -0.1) is 34.4 Å². The summed E-state index contributed by atoms with van der Waals surface area (Å²) < 4.78 is 0. The van der Waals surface area contributed by atoms with Crippen LogP contribution in [0, 0.1) is 6.92 Å². The molecule has 2 heterocycles. The SMILES string of the molecule is Cc1nc(CSc2ccccc2C(=O)NCCc2cccs2)cs1. The molecule has 0 aliphatic rings. The van der Waals surface area contributed by atoms with Gasteiger partial charge in [0.15, 0.2) is 0 Å². The Hall–Kier alpha value is -1.63. The van der Waals surface area contributed by atoms with E-state index in [1.165, 1.54) is 4.88 Å². The number of thiazole rings is 1. The number of rotatable bonds is 7. The first kappa shape index (κ1) is 17.2. The summed E-state index contributed by atoms with van der Waals surface area (Å²) in [6, 6.07) is 11.9. The van der Waals surface area contributed by atoms with Crippen LogP contribution in [0.5, 0.6) is 0 Å². The summed E-state index contributed by atoms with van der Waals surface area (Å²) in [4.78, 5) is 19.2. The average molecular weight is 375 g/mol. The van der Waals surface area contributed by atoms with Crippen LogP contribution in [-0.2, 0) is 12.2 Å². The molecule has 0 aliphatic heterocycles. The Morgan fingerprint density at radius 2 is 2.08 bits per heavy atom. The number of hydrogen-bond donors (Lipinski definition) is 1. The third-order valence-electron chi connectivity index (χ3n) is 3.41. The van der Waals surface area contributed by atoms with E-state index in [9.17, 15) is 4.79 Å². The summed E-state index contributed by atoms with van der Waals surface area (Å²) in [5.41, 5.74) is 1.80. The van der Waals surface area contributed by atoms with E-state index in [2.05, 4.69) is 27.1 Å². The molecule has 0 spiro atoms. The number of nitrogens with zero attached hydrogens (tertiary/aromatic N) is 1. The fraction of sp³-hybridized carbons (Fsp3) is 0.222. The minimum absolute atomic E-state index is 0.0101. The number of carbonyl (C=O) groups excluding carboxylic acids is 1. The molecule has 0 aliphatic carbocycles. The molecular formula is C18H18N2OS3. The molecular weight excluding hydrogens is 356 g/mol. The first-order valence-electron chi connectivity index (χ1n) is 7.66. The lowest BCUT2D eigenvalue weighted by molar-refractivity contribution is 0.0951. The Bertz CT molecular complexity index is 796. The molecule has 2 aromatic heterocycles. The van der Waals surface area contributed by atoms with E-state index in [0.717, 1.165) is 33.3 Å². The summed E-state index contributed by atoms with van der Waals surface area (Å²) in [6.07, 6.45) is 0.872. The maximum atomic E-state index is 12.5. The van der Waals surface area contributed by atoms with E-state index < -0.39 is 0 Å². The Labute approximate surface area is 154 Å². The number of aryl methyl sites for hydroxylation is 1. The highest BCUT2D eigenvalue weighted by Crippen LogP contribution is 2.26. The minimum Gasteiger partial charge on any atom is -0.352 e. The van der Waals surface area contributed by atoms with E-state index >= 15 is 0 Å². The smallest absolute Gasteiger partial charge is 0.252 e. The quantitative estimate of drug-likeness (QED) is 0.605. The lowest BCUT2D eigenvalue weighted by Crippen LogP contribution is -2.26. The highest BCUT2D eigenvalue weighted by Gasteiger charge is 2.11. The van der Waals surface area contributed by atoms with Crippen LogP contribution < -0.4 is 5.32 Å². The Morgan fingerprint density at radius 3 is 2.83 bits per heavy atom. The van der Waals surface area contributed by atoms with Gasteiger partial charge in [0.2, 0.25) is 0 Å². The van der Waals surface area contributed by atoms with Crippen molar-refractivity contribution in [3.63, 3.8) is 0 Å². The van der Waals surface area contributed by atoms with Gasteiger partial charge in [0.05, 0.1) is 16.3 Å². The van der Waals surface area contributed by atoms with Crippen LogP contribution in [0.2, 0.25) is 0 Å². The molecule has 24 heavy (non-hydrogen) atoms. The third kappa shape index (κ3) is 4.69. The van der Waals surface area contributed by atoms with Crippen molar-refractivity contribution < 1.29 is 4.79 Å². The number of aromatic nitrogens is 1. The van der Waals surface area contributed by atoms with Crippen LogP contribution in [0.1, 0.15) is 25.9 Å². The first-order chi connectivity index (χ1) is 11.7. The van der Waals surface area contributed by atoms with Gasteiger partial charge in [-0.3, -0.25) is 4.79 Å². The molecule has 124 valence electrons. The summed E-state index contributed by atoms with van der Waals surface area (Å²) >= 11 is 5.04. The van der Waals surface area contributed by atoms with Crippen LogP contribution in [-0.4, -0.2) is 17.4 Å². The number of thioether (sulfide) groups is 1. The fourth-order valence-electron chi connectivity index (χ4n) is 2.26. The van der Waals surface area contributed by atoms with Gasteiger partial charge in [0.25, 0.3) is 5.91 Å². The van der Waals surface area contributed by atoms with Crippen molar-refractivity contribution in [2.24, 2.45) is 0 Å². The summed E-state index contributed by atoms with van der Waals surface area (Å²) in [6.45, 7) is 2.66. The zero-order chi connectivity index (χ0) is 16.8. The molecule has 0 bridgehead atoms. The number of thiophene rings is 1. The van der Waals surface area contributed by atoms with Gasteiger partial charge in [0.1, 0.15) is 0 Å². The number of carbonyl (C=O) groups is 1. The normalized spacial score (nSPS) is 10.7. The van der Waals surface area contributed by atoms with Gasteiger partial charge in [-0.25, -0.2) is 4.98 Å². The molecule has 1 aromatic carbocycles. The molecule has 6 heteroatoms. The molecule has 0 atom stereocenters. The Morgan fingerprint density at radius 1 is 1.21 bits per heavy atom. The van der Waals surface area contributed by atoms with Gasteiger partial charge in [0, 0.05) is 27.5 Å². The van der Waals surface area contributed by atoms with Crippen molar-refractivity contribution in [2.75, 3.05) is 6.54 Å². The Kier molecular flexibility index (Phi) is 6.07. The molecule has 0 unspecified atom stereocenters. The van der Waals surface area contributed by atoms with Crippen LogP contribution in [0.25, 0.3) is 0 Å². The van der Waals surface area contributed by atoms with Crippen molar-refractivity contribution in [2.45, 2.75) is 24.0 Å². The van der Waals surface area contributed by atoms with E-state index in [1.54, 1.807) is 34.4 Å². The predicted molar refractivity (Wildman–Crippen MR) is 103 cm³/mol. The molecule has 0 saturated heterocycles. The molecule has 3 rings (SSSR count). The van der Waals surface area contributed by atoms with Crippen molar-refractivity contribution in [3.05, 3.63) is 68.3 Å². The molecule has 0 radical (unpaired) electrons. The standard InChI is InChI=1S/C18H18N2OS3/c1-13-20-14(11-23-13)12-24-17-7-3-2-6-16(17)18(21)19-9-8-15-5-4-10-22-15/h2-7,10-11H,8-9,12H2,1H3,(H,19,21). The van der Waals surface area contributed by atoms with E-state index in [0.29, 0.717) is 6.54 Å². The van der Waals surface area contributed by atoms with Crippen molar-refractivity contribution in [1.29, 1.82) is 0 Å². The van der Waals surface area contributed by atoms with Crippen molar-refractivity contribution in [3.8, 4) is 0 Å². The maximum Gasteiger partial charge on any atom is 0.252 e. The molecule has 3 nitrogen and oxygen atoms in total. The fourth-order valence-corrected chi connectivity index (χ4v) is 4.62. The van der Waals surface area contributed by atoms with Crippen LogP contribution >= 0.6 is 34.4 Å². The number of amides is 1. The van der Waals surface area contributed by atoms with Crippen molar-refractivity contribution >= 4 is 40.3 Å². The van der Waals surface area contributed by atoms with Gasteiger partial charge in [-0.05, 0) is 36.9 Å². The summed E-state index contributed by atoms with van der Waals surface area (Å²) in [7, 11) is 0. The second-order valence-corrected chi connectivity index (χ2v) is 8.34. The molecule has 1 amide bonds. The molecule has 0 saturated carbocycles. The van der Waals surface area contributed by atoms with Gasteiger partial charge in [-0.1, -0.05) is 18.2 Å². The largest absolute Gasteiger partial charge is 0.352 e. The van der Waals surface area contributed by atoms with Gasteiger partial charge < -0.3 is 5.32 Å². The topological polar surface area (TPSA) is 42.0 Å². The first-order valence-corrected chi connectivity index (χ1v) is 10.4. The number of nitrogens with one attached hydrogen (secondary N) is 1. The van der Waals surface area contributed by atoms with Crippen LogP contribution in [0.15, 0.2) is 52.1 Å². The monoisotopic (exact) mass is 374 g/mol. The van der Waals surface area contributed by atoms with Gasteiger partial charge in [-0.2, -0.15) is 0 Å². The summed E-state index contributed by atoms with van der Waals surface area (Å²) in [5.74, 6) is 0.771. The van der Waals surface area contributed by atoms with E-state index in [-0.39, 0.29) is 5.91 Å². The molecule has 1 N–H and O–H groups in total. The summed E-state index contributed by atoms with van der Waals surface area (Å²) in [5, 5.41) is 8.23. The maximum absolute atomic E-state index is 12.5. The zero-order valence-corrected chi connectivity index (χ0v) is 15.8. The van der Waals surface area contributed by atoms with Crippen LogP contribution in [0.4, 0.5) is 0 Å². The molecule has 3 aromatic rings. The number of benzene rings is 1. The highest BCUT2D eigenvalue weighted by atomic mass is 32.2. The lowest BCUT2D eigenvalue weighted by Gasteiger charge is -2.09. The predicted octanol–water partition coefficient (Wildman–Crippen LogP) is 4.78. The second kappa shape index (κ2) is 8.46. The second-order valence-electron chi connectivity index (χ2n) is 5.23.